The molecule has 0 radical (unpaired) electrons. The summed E-state index contributed by atoms with van der Waals surface area (Å²) in [6.07, 6.45) is 0. The molecule has 0 heterocycles. The van der Waals surface area contributed by atoms with Gasteiger partial charge >= 0.3 is 0 Å². The molecule has 1 unspecified atom stereocenters. The van der Waals surface area contributed by atoms with Crippen LogP contribution < -0.4 is 0 Å². The first-order valence-corrected chi connectivity index (χ1v) is 6.55. The molecule has 0 aromatic carbocycles. The zero-order valence-electron chi connectivity index (χ0n) is 8.96. The molecule has 0 rings (SSSR count). The van der Waals surface area contributed by atoms with E-state index in [-0.39, 0.29) is 11.8 Å². The summed E-state index contributed by atoms with van der Waals surface area (Å²) in [7, 11) is -3.00. The van der Waals surface area contributed by atoms with E-state index in [1.807, 2.05) is 34.6 Å². The average molecular weight is 192 g/mol. The summed E-state index contributed by atoms with van der Waals surface area (Å²) < 4.78 is 11.7. The van der Waals surface area contributed by atoms with E-state index in [0.717, 1.165) is 0 Å². The maximum atomic E-state index is 11.7. The fourth-order valence-corrected chi connectivity index (χ4v) is 3.54. The van der Waals surface area contributed by atoms with Gasteiger partial charge in [-0.25, -0.2) is 0 Å². The summed E-state index contributed by atoms with van der Waals surface area (Å²) in [5.74, 6) is 0.469. The molecule has 1 atom stereocenters. The second kappa shape index (κ2) is 3.51. The monoisotopic (exact) mass is 192 g/mol. The van der Waals surface area contributed by atoms with Crippen molar-refractivity contribution in [3.05, 3.63) is 0 Å². The highest BCUT2D eigenvalue weighted by molar-refractivity contribution is 7.58. The van der Waals surface area contributed by atoms with Gasteiger partial charge in [0, 0.05) is 11.8 Å². The van der Waals surface area contributed by atoms with Crippen molar-refractivity contribution in [3.8, 4) is 0 Å². The molecule has 0 aromatic heterocycles. The average Bonchev–Trinajstić information content (AvgIpc) is 1.82. The molecule has 0 spiro atoms. The van der Waals surface area contributed by atoms with E-state index in [0.29, 0.717) is 0 Å². The summed E-state index contributed by atoms with van der Waals surface area (Å²) in [5, 5.41) is -0.451. The lowest BCUT2D eigenvalue weighted by Gasteiger charge is -2.39. The first-order valence-electron chi connectivity index (χ1n) is 4.44. The van der Waals surface area contributed by atoms with Crippen LogP contribution in [0.15, 0.2) is 0 Å². The van der Waals surface area contributed by atoms with E-state index in [2.05, 4.69) is 0 Å². The summed E-state index contributed by atoms with van der Waals surface area (Å²) >= 11 is 0. The quantitative estimate of drug-likeness (QED) is 0.698. The minimum Gasteiger partial charge on any atom is -0.344 e. The fraction of sp³-hybridized carbons (Fsp3) is 1.00. The van der Waals surface area contributed by atoms with Crippen LogP contribution in [0.5, 0.6) is 0 Å². The Morgan fingerprint density at radius 2 is 1.42 bits per heavy atom. The van der Waals surface area contributed by atoms with Crippen molar-refractivity contribution in [3.63, 3.8) is 0 Å². The van der Waals surface area contributed by atoms with Gasteiger partial charge in [0.1, 0.15) is 0 Å². The highest BCUT2D eigenvalue weighted by Gasteiger charge is 2.44. The molecule has 74 valence electrons. The van der Waals surface area contributed by atoms with Crippen LogP contribution in [0.25, 0.3) is 0 Å². The first-order chi connectivity index (χ1) is 5.14. The third-order valence-electron chi connectivity index (χ3n) is 3.23. The molecule has 2 nitrogen and oxygen atoms in total. The molecule has 0 aliphatic rings. The first kappa shape index (κ1) is 12.2. The van der Waals surface area contributed by atoms with Gasteiger partial charge in [-0.15, -0.1) is 0 Å². The van der Waals surface area contributed by atoms with Gasteiger partial charge in [0.25, 0.3) is 0 Å². The van der Waals surface area contributed by atoms with Crippen molar-refractivity contribution in [2.24, 2.45) is 11.8 Å². The van der Waals surface area contributed by atoms with Crippen LogP contribution in [-0.4, -0.2) is 16.7 Å². The van der Waals surface area contributed by atoms with Gasteiger partial charge in [0.15, 0.2) is 0 Å². The highest BCUT2D eigenvalue weighted by atomic mass is 31.2. The Labute approximate surface area is 75.8 Å². The van der Waals surface area contributed by atoms with E-state index >= 15 is 0 Å². The minimum absolute atomic E-state index is 0.235. The van der Waals surface area contributed by atoms with Crippen LogP contribution in [0.2, 0.25) is 0 Å². The smallest absolute Gasteiger partial charge is 0.203 e. The Bertz CT molecular complexity index is 183. The highest BCUT2D eigenvalue weighted by Crippen LogP contribution is 2.58. The molecule has 0 bridgehead atoms. The molecular formula is C9H21O2P. The van der Waals surface area contributed by atoms with Crippen molar-refractivity contribution >= 4 is 7.37 Å². The molecule has 0 fully saturated rings. The van der Waals surface area contributed by atoms with Crippen LogP contribution in [-0.2, 0) is 4.57 Å². The van der Waals surface area contributed by atoms with E-state index in [4.69, 9.17) is 0 Å². The lowest BCUT2D eigenvalue weighted by atomic mass is 9.86. The molecule has 0 aromatic rings. The Hall–Kier alpha value is 0.190. The van der Waals surface area contributed by atoms with Crippen LogP contribution >= 0.6 is 7.37 Å². The third kappa shape index (κ3) is 1.92. The summed E-state index contributed by atoms with van der Waals surface area (Å²) in [6, 6.07) is 0. The van der Waals surface area contributed by atoms with E-state index in [1.54, 1.807) is 0 Å². The molecule has 3 heteroatoms. The number of rotatable bonds is 3. The van der Waals surface area contributed by atoms with Crippen LogP contribution in [0, 0.1) is 11.8 Å². The van der Waals surface area contributed by atoms with Crippen molar-refractivity contribution in [2.45, 2.75) is 39.8 Å². The minimum atomic E-state index is -3.00. The molecule has 0 saturated heterocycles. The molecule has 0 amide bonds. The van der Waals surface area contributed by atoms with Crippen molar-refractivity contribution in [2.75, 3.05) is 6.66 Å². The lowest BCUT2D eigenvalue weighted by molar-refractivity contribution is 0.305. The Morgan fingerprint density at radius 3 is 1.42 bits per heavy atom. The van der Waals surface area contributed by atoms with Crippen LogP contribution in [0.1, 0.15) is 34.6 Å². The van der Waals surface area contributed by atoms with Gasteiger partial charge in [-0.05, 0) is 11.8 Å². The maximum Gasteiger partial charge on any atom is 0.203 e. The van der Waals surface area contributed by atoms with E-state index < -0.39 is 12.5 Å². The van der Waals surface area contributed by atoms with Crippen LogP contribution in [0.4, 0.5) is 0 Å². The van der Waals surface area contributed by atoms with Crippen LogP contribution in [0.3, 0.4) is 0 Å². The second-order valence-corrected chi connectivity index (χ2v) is 7.14. The molecule has 0 saturated carbocycles. The summed E-state index contributed by atoms with van der Waals surface area (Å²) in [5.41, 5.74) is 0. The zero-order valence-corrected chi connectivity index (χ0v) is 9.85. The van der Waals surface area contributed by atoms with Gasteiger partial charge in [0.05, 0.1) is 0 Å². The molecule has 12 heavy (non-hydrogen) atoms. The zero-order chi connectivity index (χ0) is 10.2. The molecule has 0 aliphatic heterocycles. The topological polar surface area (TPSA) is 37.3 Å². The number of hydrogen-bond acceptors (Lipinski definition) is 1. The lowest BCUT2D eigenvalue weighted by Crippen LogP contribution is -2.36. The predicted molar refractivity (Wildman–Crippen MR) is 53.8 cm³/mol. The Kier molecular flexibility index (Phi) is 3.57. The molecule has 0 aliphatic carbocycles. The standard InChI is InChI=1S/C9H21O2P/c1-7(2)9(5,8(3)4)12(6,10)11/h7-8H,1-6H3,(H,10,11). The predicted octanol–water partition coefficient (Wildman–Crippen LogP) is 2.96. The maximum absolute atomic E-state index is 11.7. The SMILES string of the molecule is CC(C)C(C)(C(C)C)P(C)(=O)O. The fourth-order valence-electron chi connectivity index (χ4n) is 1.62. The summed E-state index contributed by atoms with van der Waals surface area (Å²) in [6.45, 7) is 11.4. The van der Waals surface area contributed by atoms with Gasteiger partial charge < -0.3 is 4.89 Å². The Morgan fingerprint density at radius 1 is 1.17 bits per heavy atom. The van der Waals surface area contributed by atoms with Crippen molar-refractivity contribution in [1.29, 1.82) is 0 Å². The van der Waals surface area contributed by atoms with Gasteiger partial charge in [-0.1, -0.05) is 34.6 Å². The van der Waals surface area contributed by atoms with Crippen molar-refractivity contribution in [1.82, 2.24) is 0 Å². The second-order valence-electron chi connectivity index (χ2n) is 4.41. The van der Waals surface area contributed by atoms with E-state index in [1.165, 1.54) is 6.66 Å². The van der Waals surface area contributed by atoms with E-state index in [9.17, 15) is 9.46 Å². The van der Waals surface area contributed by atoms with Gasteiger partial charge in [0.2, 0.25) is 7.37 Å². The Balaban J connectivity index is 5.03. The normalized spacial score (nSPS) is 18.4. The van der Waals surface area contributed by atoms with Crippen molar-refractivity contribution < 1.29 is 9.46 Å². The number of hydrogen-bond donors (Lipinski definition) is 1. The van der Waals surface area contributed by atoms with Gasteiger partial charge in [-0.2, -0.15) is 0 Å². The summed E-state index contributed by atoms with van der Waals surface area (Å²) in [4.78, 5) is 9.63. The van der Waals surface area contributed by atoms with Gasteiger partial charge in [-0.3, -0.25) is 4.57 Å². The molecule has 1 N–H and O–H groups in total. The largest absolute Gasteiger partial charge is 0.344 e. The molecular weight excluding hydrogens is 171 g/mol. The third-order valence-corrected chi connectivity index (χ3v) is 6.05.